The van der Waals surface area contributed by atoms with Gasteiger partial charge in [0.25, 0.3) is 0 Å². The van der Waals surface area contributed by atoms with Crippen molar-refractivity contribution in [3.63, 3.8) is 0 Å². The van der Waals surface area contributed by atoms with E-state index in [9.17, 15) is 0 Å². The highest BCUT2D eigenvalue weighted by Gasteiger charge is 2.24. The molecule has 114 valence electrons. The average Bonchev–Trinajstić information content (AvgIpc) is 2.45. The van der Waals surface area contributed by atoms with E-state index < -0.39 is 0 Å². The van der Waals surface area contributed by atoms with Gasteiger partial charge in [0.1, 0.15) is 0 Å². The molecule has 18 heavy (non-hydrogen) atoms. The maximum Gasteiger partial charge on any atom is -0.0233 e. The minimum atomic E-state index is 0. The summed E-state index contributed by atoms with van der Waals surface area (Å²) in [5, 5.41) is 0. The molecule has 3 atom stereocenters. The average molecular weight is 261 g/mol. The van der Waals surface area contributed by atoms with Crippen LogP contribution >= 0.6 is 0 Å². The van der Waals surface area contributed by atoms with Gasteiger partial charge in [-0.25, -0.2) is 0 Å². The second-order valence-corrected chi connectivity index (χ2v) is 3.95. The van der Waals surface area contributed by atoms with Crippen LogP contribution in [0.4, 0.5) is 0 Å². The van der Waals surface area contributed by atoms with Crippen LogP contribution in [0.5, 0.6) is 0 Å². The summed E-state index contributed by atoms with van der Waals surface area (Å²) in [6, 6.07) is 0. The number of allylic oxidation sites excluding steroid dienone is 1. The van der Waals surface area contributed by atoms with Crippen molar-refractivity contribution in [3.05, 3.63) is 12.7 Å². The Morgan fingerprint density at radius 1 is 1.00 bits per heavy atom. The van der Waals surface area contributed by atoms with E-state index in [0.717, 1.165) is 17.8 Å². The van der Waals surface area contributed by atoms with Crippen molar-refractivity contribution in [2.75, 3.05) is 0 Å². The second kappa shape index (κ2) is 21.9. The topological polar surface area (TPSA) is 31.5 Å². The van der Waals surface area contributed by atoms with E-state index in [1.165, 1.54) is 25.7 Å². The molecule has 0 aliphatic heterocycles. The van der Waals surface area contributed by atoms with Crippen molar-refractivity contribution >= 4 is 0 Å². The van der Waals surface area contributed by atoms with Gasteiger partial charge in [-0.05, 0) is 37.0 Å². The van der Waals surface area contributed by atoms with Gasteiger partial charge >= 0.3 is 0 Å². The highest BCUT2D eigenvalue weighted by Crippen LogP contribution is 2.35. The van der Waals surface area contributed by atoms with E-state index in [-0.39, 0.29) is 5.48 Å². The van der Waals surface area contributed by atoms with E-state index in [2.05, 4.69) is 26.5 Å². The Balaban J connectivity index is -0.000000123. The summed E-state index contributed by atoms with van der Waals surface area (Å²) in [5.74, 6) is 2.73. The Bertz CT molecular complexity index is 132. The lowest BCUT2D eigenvalue weighted by atomic mass is 9.74. The molecule has 0 aromatic rings. The predicted octanol–water partition coefficient (Wildman–Crippen LogP) is 5.89. The lowest BCUT2D eigenvalue weighted by molar-refractivity contribution is 0.214. The number of hydrogen-bond acceptors (Lipinski definition) is 0. The van der Waals surface area contributed by atoms with E-state index in [1.807, 2.05) is 41.5 Å². The molecule has 1 aliphatic rings. The van der Waals surface area contributed by atoms with Crippen LogP contribution in [0.3, 0.4) is 0 Å². The third-order valence-electron chi connectivity index (χ3n) is 3.25. The molecule has 0 aromatic heterocycles. The molecule has 1 fully saturated rings. The molecule has 0 amide bonds. The summed E-state index contributed by atoms with van der Waals surface area (Å²) in [6.07, 6.45) is 7.69. The summed E-state index contributed by atoms with van der Waals surface area (Å²) in [7, 11) is 0. The van der Waals surface area contributed by atoms with E-state index in [1.54, 1.807) is 0 Å². The predicted molar refractivity (Wildman–Crippen MR) is 88.1 cm³/mol. The fourth-order valence-electron chi connectivity index (χ4n) is 2.32. The zero-order valence-electron chi connectivity index (χ0n) is 14.3. The summed E-state index contributed by atoms with van der Waals surface area (Å²) in [4.78, 5) is 0. The summed E-state index contributed by atoms with van der Waals surface area (Å²) in [5.41, 5.74) is 0. The molecule has 0 spiro atoms. The quantitative estimate of drug-likeness (QED) is 0.555. The molecule has 3 unspecified atom stereocenters. The molecular formula is C17H40O. The van der Waals surface area contributed by atoms with Crippen LogP contribution in [-0.2, 0) is 0 Å². The maximum atomic E-state index is 3.87. The SMILES string of the molecule is C=CC1CCC(CC)C(C)C1.CC.CC.CC.O. The van der Waals surface area contributed by atoms with E-state index in [0.29, 0.717) is 0 Å². The molecule has 0 saturated heterocycles. The summed E-state index contributed by atoms with van der Waals surface area (Å²) >= 11 is 0. The van der Waals surface area contributed by atoms with Crippen LogP contribution in [0.1, 0.15) is 81.1 Å². The van der Waals surface area contributed by atoms with E-state index in [4.69, 9.17) is 0 Å². The molecule has 1 rings (SSSR count). The van der Waals surface area contributed by atoms with Gasteiger partial charge in [-0.15, -0.1) is 6.58 Å². The van der Waals surface area contributed by atoms with Gasteiger partial charge in [0, 0.05) is 0 Å². The summed E-state index contributed by atoms with van der Waals surface area (Å²) < 4.78 is 0. The Morgan fingerprint density at radius 3 is 1.72 bits per heavy atom. The van der Waals surface area contributed by atoms with Gasteiger partial charge in [0.05, 0.1) is 0 Å². The third kappa shape index (κ3) is 12.2. The van der Waals surface area contributed by atoms with Crippen molar-refractivity contribution in [2.45, 2.75) is 81.1 Å². The number of hydrogen-bond donors (Lipinski definition) is 0. The first-order chi connectivity index (χ1) is 8.27. The van der Waals surface area contributed by atoms with Crippen molar-refractivity contribution in [1.82, 2.24) is 0 Å². The lowest BCUT2D eigenvalue weighted by Gasteiger charge is -2.32. The van der Waals surface area contributed by atoms with Crippen LogP contribution in [0.2, 0.25) is 0 Å². The standard InChI is InChI=1S/C11H20.3C2H6.H2O/c1-4-10-6-7-11(5-2)9(3)8-10;3*1-2;/h4,9-11H,1,5-8H2,2-3H3;3*1-2H3;1H2. The van der Waals surface area contributed by atoms with Gasteiger partial charge in [-0.3, -0.25) is 0 Å². The van der Waals surface area contributed by atoms with Crippen LogP contribution < -0.4 is 0 Å². The van der Waals surface area contributed by atoms with Crippen LogP contribution in [-0.4, -0.2) is 5.48 Å². The molecule has 0 bridgehead atoms. The van der Waals surface area contributed by atoms with Crippen molar-refractivity contribution in [1.29, 1.82) is 0 Å². The monoisotopic (exact) mass is 260 g/mol. The van der Waals surface area contributed by atoms with Gasteiger partial charge in [0.15, 0.2) is 0 Å². The molecule has 2 N–H and O–H groups in total. The van der Waals surface area contributed by atoms with Gasteiger partial charge in [-0.1, -0.05) is 67.9 Å². The normalized spacial score (nSPS) is 24.6. The zero-order chi connectivity index (χ0) is 14.3. The third-order valence-corrected chi connectivity index (χ3v) is 3.25. The van der Waals surface area contributed by atoms with Gasteiger partial charge in [-0.2, -0.15) is 0 Å². The van der Waals surface area contributed by atoms with Crippen molar-refractivity contribution < 1.29 is 5.48 Å². The van der Waals surface area contributed by atoms with Crippen LogP contribution in [0.25, 0.3) is 0 Å². The first-order valence-electron chi connectivity index (χ1n) is 7.90. The van der Waals surface area contributed by atoms with Crippen LogP contribution in [0.15, 0.2) is 12.7 Å². The molecule has 0 radical (unpaired) electrons. The second-order valence-electron chi connectivity index (χ2n) is 3.95. The smallest absolute Gasteiger partial charge is 0.0233 e. The fourth-order valence-corrected chi connectivity index (χ4v) is 2.32. The molecule has 1 aliphatic carbocycles. The zero-order valence-corrected chi connectivity index (χ0v) is 14.3. The molecular weight excluding hydrogens is 220 g/mol. The molecule has 1 nitrogen and oxygen atoms in total. The Kier molecular flexibility index (Phi) is 32.0. The highest BCUT2D eigenvalue weighted by molar-refractivity contribution is 4.86. The Morgan fingerprint density at radius 2 is 1.44 bits per heavy atom. The largest absolute Gasteiger partial charge is 0.412 e. The first-order valence-corrected chi connectivity index (χ1v) is 7.90. The summed E-state index contributed by atoms with van der Waals surface area (Å²) in [6.45, 7) is 20.6. The molecule has 1 heteroatoms. The van der Waals surface area contributed by atoms with Gasteiger partial charge < -0.3 is 5.48 Å². The first kappa shape index (κ1) is 26.3. The Hall–Kier alpha value is -0.300. The highest BCUT2D eigenvalue weighted by atomic mass is 16.0. The van der Waals surface area contributed by atoms with Crippen molar-refractivity contribution in [2.24, 2.45) is 17.8 Å². The number of rotatable bonds is 2. The fraction of sp³-hybridized carbons (Fsp3) is 0.882. The molecule has 1 saturated carbocycles. The van der Waals surface area contributed by atoms with Gasteiger partial charge in [0.2, 0.25) is 0 Å². The minimum absolute atomic E-state index is 0. The molecule has 0 heterocycles. The van der Waals surface area contributed by atoms with Crippen molar-refractivity contribution in [3.8, 4) is 0 Å². The molecule has 0 aromatic carbocycles. The lowest BCUT2D eigenvalue weighted by Crippen LogP contribution is -2.21. The Labute approximate surface area is 117 Å². The maximum absolute atomic E-state index is 3.87. The minimum Gasteiger partial charge on any atom is -0.412 e. The van der Waals surface area contributed by atoms with E-state index >= 15 is 0 Å². The van der Waals surface area contributed by atoms with Crippen LogP contribution in [0, 0.1) is 17.8 Å².